The van der Waals surface area contributed by atoms with E-state index < -0.39 is 0 Å². The van der Waals surface area contributed by atoms with Gasteiger partial charge in [-0.3, -0.25) is 10.1 Å². The maximum atomic E-state index is 11.7. The lowest BCUT2D eigenvalue weighted by atomic mass is 9.82. The fraction of sp³-hybridized carbons (Fsp3) is 0.316. The normalized spacial score (nSPS) is 15.5. The van der Waals surface area contributed by atoms with E-state index in [-0.39, 0.29) is 22.2 Å². The molecule has 0 unspecified atom stereocenters. The first kappa shape index (κ1) is 15.6. The van der Waals surface area contributed by atoms with E-state index in [0.717, 1.165) is 31.2 Å². The second kappa shape index (κ2) is 6.20. The number of oxazole rings is 1. The fourth-order valence-corrected chi connectivity index (χ4v) is 3.75. The lowest BCUT2D eigenvalue weighted by molar-refractivity contribution is -0.384. The number of nitrogens with zero attached hydrogens (tertiary/aromatic N) is 2. The number of hydrogen-bond acceptors (Lipinski definition) is 5. The van der Waals surface area contributed by atoms with Gasteiger partial charge in [0.15, 0.2) is 5.58 Å². The maximum Gasteiger partial charge on any atom is 0.296 e. The monoisotopic (exact) mass is 337 g/mol. The van der Waals surface area contributed by atoms with Crippen molar-refractivity contribution in [2.45, 2.75) is 38.0 Å². The zero-order valence-electron chi connectivity index (χ0n) is 13.8. The lowest BCUT2D eigenvalue weighted by Crippen LogP contribution is -2.09. The number of rotatable bonds is 3. The van der Waals surface area contributed by atoms with Crippen molar-refractivity contribution in [2.24, 2.45) is 0 Å². The van der Waals surface area contributed by atoms with Crippen molar-refractivity contribution >= 4 is 22.5 Å². The number of nitrogens with two attached hydrogens (primary N) is 1. The number of fused-ring (bicyclic) bond motifs is 1. The van der Waals surface area contributed by atoms with Gasteiger partial charge < -0.3 is 10.2 Å². The molecule has 1 heterocycles. The summed E-state index contributed by atoms with van der Waals surface area (Å²) in [5, 5.41) is 11.7. The number of anilines is 1. The van der Waals surface area contributed by atoms with Crippen LogP contribution in [0.3, 0.4) is 0 Å². The van der Waals surface area contributed by atoms with E-state index in [9.17, 15) is 10.1 Å². The summed E-state index contributed by atoms with van der Waals surface area (Å²) in [7, 11) is 0. The Morgan fingerprint density at radius 3 is 2.60 bits per heavy atom. The molecule has 1 saturated carbocycles. The van der Waals surface area contributed by atoms with Crippen molar-refractivity contribution in [3.8, 4) is 11.5 Å². The minimum Gasteiger partial charge on any atom is -0.436 e. The highest BCUT2D eigenvalue weighted by Gasteiger charge is 2.29. The first-order valence-electron chi connectivity index (χ1n) is 8.58. The highest BCUT2D eigenvalue weighted by molar-refractivity contribution is 5.84. The minimum absolute atomic E-state index is 0.00616. The Hall–Kier alpha value is -2.89. The summed E-state index contributed by atoms with van der Waals surface area (Å²) in [5.41, 5.74) is 8.90. The number of nitro groups is 1. The number of nitro benzene ring substituents is 1. The molecule has 0 aliphatic heterocycles. The zero-order valence-corrected chi connectivity index (χ0v) is 13.8. The predicted molar refractivity (Wildman–Crippen MR) is 96.3 cm³/mol. The quantitative estimate of drug-likeness (QED) is 0.411. The van der Waals surface area contributed by atoms with Gasteiger partial charge in [-0.25, -0.2) is 4.98 Å². The molecule has 6 nitrogen and oxygen atoms in total. The van der Waals surface area contributed by atoms with Crippen LogP contribution < -0.4 is 5.73 Å². The lowest BCUT2D eigenvalue weighted by Gasteiger charge is -2.22. The molecule has 2 N–H and O–H groups in total. The number of nitrogen functional groups attached to an aromatic ring is 1. The SMILES string of the molecule is Nc1c(-c2nc3ccccc3o2)ccc(C2CCCCC2)c1[N+](=O)[O-]. The summed E-state index contributed by atoms with van der Waals surface area (Å²) in [4.78, 5) is 15.8. The predicted octanol–water partition coefficient (Wildman–Crippen LogP) is 5.03. The molecule has 1 aliphatic carbocycles. The Balaban J connectivity index is 1.84. The van der Waals surface area contributed by atoms with Gasteiger partial charge in [-0.1, -0.05) is 37.5 Å². The van der Waals surface area contributed by atoms with E-state index in [2.05, 4.69) is 4.98 Å². The summed E-state index contributed by atoms with van der Waals surface area (Å²) in [5.74, 6) is 0.520. The van der Waals surface area contributed by atoms with Crippen LogP contribution in [0, 0.1) is 10.1 Å². The summed E-state index contributed by atoms with van der Waals surface area (Å²) >= 11 is 0. The van der Waals surface area contributed by atoms with Crippen LogP contribution in [0.5, 0.6) is 0 Å². The first-order valence-corrected chi connectivity index (χ1v) is 8.58. The Morgan fingerprint density at radius 1 is 1.12 bits per heavy atom. The van der Waals surface area contributed by atoms with E-state index in [0.29, 0.717) is 22.6 Å². The van der Waals surface area contributed by atoms with E-state index >= 15 is 0 Å². The molecule has 1 aromatic heterocycles. The smallest absolute Gasteiger partial charge is 0.296 e. The van der Waals surface area contributed by atoms with Crippen molar-refractivity contribution < 1.29 is 9.34 Å². The molecule has 25 heavy (non-hydrogen) atoms. The van der Waals surface area contributed by atoms with E-state index in [1.807, 2.05) is 30.3 Å². The molecular weight excluding hydrogens is 318 g/mol. The third kappa shape index (κ3) is 2.73. The molecule has 0 saturated heterocycles. The molecule has 0 radical (unpaired) electrons. The largest absolute Gasteiger partial charge is 0.436 e. The summed E-state index contributed by atoms with van der Waals surface area (Å²) < 4.78 is 5.74. The molecule has 1 aliphatic rings. The molecule has 0 atom stereocenters. The Labute approximate surface area is 144 Å². The molecule has 128 valence electrons. The van der Waals surface area contributed by atoms with Gasteiger partial charge in [0, 0.05) is 5.56 Å². The zero-order chi connectivity index (χ0) is 17.4. The van der Waals surface area contributed by atoms with Crippen LogP contribution in [0.2, 0.25) is 0 Å². The standard InChI is InChI=1S/C19H19N3O3/c20-17-14(19-21-15-8-4-5-9-16(15)25-19)11-10-13(18(17)22(23)24)12-6-2-1-3-7-12/h4-5,8-12H,1-3,6-7,20H2. The summed E-state index contributed by atoms with van der Waals surface area (Å²) in [6, 6.07) is 11.0. The van der Waals surface area contributed by atoms with Crippen LogP contribution in [0.15, 0.2) is 40.8 Å². The van der Waals surface area contributed by atoms with Gasteiger partial charge in [0.05, 0.1) is 10.5 Å². The first-order chi connectivity index (χ1) is 12.1. The molecule has 2 aromatic carbocycles. The number of aromatic nitrogens is 1. The third-order valence-electron chi connectivity index (χ3n) is 5.00. The molecule has 6 heteroatoms. The Bertz CT molecular complexity index is 909. The number of benzene rings is 2. The van der Waals surface area contributed by atoms with Gasteiger partial charge in [-0.15, -0.1) is 0 Å². The van der Waals surface area contributed by atoms with Crippen LogP contribution >= 0.6 is 0 Å². The van der Waals surface area contributed by atoms with E-state index in [4.69, 9.17) is 10.2 Å². The molecule has 1 fully saturated rings. The van der Waals surface area contributed by atoms with Crippen LogP contribution in [0.1, 0.15) is 43.6 Å². The minimum atomic E-state index is -0.370. The van der Waals surface area contributed by atoms with Crippen molar-refractivity contribution in [3.63, 3.8) is 0 Å². The van der Waals surface area contributed by atoms with Crippen molar-refractivity contribution in [1.29, 1.82) is 0 Å². The van der Waals surface area contributed by atoms with Crippen LogP contribution in [0.4, 0.5) is 11.4 Å². The van der Waals surface area contributed by atoms with Crippen molar-refractivity contribution in [1.82, 2.24) is 4.98 Å². The average Bonchev–Trinajstić information content (AvgIpc) is 3.05. The molecule has 3 aromatic rings. The van der Waals surface area contributed by atoms with E-state index in [1.165, 1.54) is 6.42 Å². The second-order valence-corrected chi connectivity index (χ2v) is 6.54. The van der Waals surface area contributed by atoms with Gasteiger partial charge in [0.1, 0.15) is 11.2 Å². The van der Waals surface area contributed by atoms with Gasteiger partial charge in [-0.05, 0) is 37.0 Å². The third-order valence-corrected chi connectivity index (χ3v) is 5.00. The van der Waals surface area contributed by atoms with Crippen molar-refractivity contribution in [2.75, 3.05) is 5.73 Å². The summed E-state index contributed by atoms with van der Waals surface area (Å²) in [6.07, 6.45) is 5.36. The van der Waals surface area contributed by atoms with Gasteiger partial charge in [0.25, 0.3) is 5.69 Å². The molecule has 0 amide bonds. The maximum absolute atomic E-state index is 11.7. The molecular formula is C19H19N3O3. The number of para-hydroxylation sites is 2. The Kier molecular flexibility index (Phi) is 3.87. The van der Waals surface area contributed by atoms with Gasteiger partial charge in [0.2, 0.25) is 5.89 Å². The summed E-state index contributed by atoms with van der Waals surface area (Å²) in [6.45, 7) is 0. The average molecular weight is 337 g/mol. The highest BCUT2D eigenvalue weighted by Crippen LogP contribution is 2.43. The van der Waals surface area contributed by atoms with Crippen LogP contribution in [0.25, 0.3) is 22.6 Å². The molecule has 0 spiro atoms. The van der Waals surface area contributed by atoms with Crippen LogP contribution in [-0.4, -0.2) is 9.91 Å². The topological polar surface area (TPSA) is 95.2 Å². The fourth-order valence-electron chi connectivity index (χ4n) is 3.75. The highest BCUT2D eigenvalue weighted by atomic mass is 16.6. The van der Waals surface area contributed by atoms with Crippen LogP contribution in [-0.2, 0) is 0 Å². The molecule has 4 rings (SSSR count). The molecule has 0 bridgehead atoms. The van der Waals surface area contributed by atoms with Gasteiger partial charge in [-0.2, -0.15) is 0 Å². The second-order valence-electron chi connectivity index (χ2n) is 6.54. The van der Waals surface area contributed by atoms with E-state index in [1.54, 1.807) is 6.07 Å². The van der Waals surface area contributed by atoms with Crippen molar-refractivity contribution in [3.05, 3.63) is 52.1 Å². The Morgan fingerprint density at radius 2 is 1.88 bits per heavy atom. The van der Waals surface area contributed by atoms with Gasteiger partial charge >= 0.3 is 0 Å². The number of hydrogen-bond donors (Lipinski definition) is 1.